The Balaban J connectivity index is 2.41. The average Bonchev–Trinajstić information content (AvgIpc) is 2.48. The number of methoxy groups -OCH3 is 1. The van der Waals surface area contributed by atoms with E-state index >= 15 is 0 Å². The number of halogens is 2. The molecule has 2 nitrogen and oxygen atoms in total. The van der Waals surface area contributed by atoms with Crippen LogP contribution in [-0.2, 0) is 0 Å². The molecule has 0 aliphatic heterocycles. The highest BCUT2D eigenvalue weighted by atomic mass is 127. The predicted molar refractivity (Wildman–Crippen MR) is 95.4 cm³/mol. The molecular weight excluding hydrogens is 429 g/mol. The van der Waals surface area contributed by atoms with Crippen molar-refractivity contribution in [2.45, 2.75) is 13.0 Å². The monoisotopic (exact) mass is 445 g/mol. The quantitative estimate of drug-likeness (QED) is 0.670. The number of ether oxygens (including phenoxy) is 1. The second-order valence-corrected chi connectivity index (χ2v) is 6.53. The molecule has 1 N–H and O–H groups in total. The van der Waals surface area contributed by atoms with Gasteiger partial charge < -0.3 is 10.1 Å². The molecule has 4 heteroatoms. The summed E-state index contributed by atoms with van der Waals surface area (Å²) in [7, 11) is 1.69. The maximum Gasteiger partial charge on any atom is 0.118 e. The largest absolute Gasteiger partial charge is 0.497 e. The molecule has 0 radical (unpaired) electrons. The summed E-state index contributed by atoms with van der Waals surface area (Å²) < 4.78 is 7.58. The van der Waals surface area contributed by atoms with Crippen molar-refractivity contribution in [2.75, 3.05) is 13.7 Å². The normalized spacial score (nSPS) is 12.2. The maximum atomic E-state index is 5.23. The molecule has 0 aromatic heterocycles. The van der Waals surface area contributed by atoms with E-state index < -0.39 is 0 Å². The second kappa shape index (κ2) is 7.43. The van der Waals surface area contributed by atoms with Gasteiger partial charge in [0.05, 0.1) is 13.2 Å². The third-order valence-corrected chi connectivity index (χ3v) is 4.52. The minimum absolute atomic E-state index is 0.176. The maximum absolute atomic E-state index is 5.23. The van der Waals surface area contributed by atoms with Gasteiger partial charge in [0.15, 0.2) is 0 Å². The molecule has 1 unspecified atom stereocenters. The van der Waals surface area contributed by atoms with Crippen LogP contribution in [0.25, 0.3) is 0 Å². The summed E-state index contributed by atoms with van der Waals surface area (Å²) in [6.45, 7) is 3.03. The van der Waals surface area contributed by atoms with E-state index in [0.717, 1.165) is 16.8 Å². The topological polar surface area (TPSA) is 21.3 Å². The number of nitrogens with one attached hydrogen (secondary N) is 1. The van der Waals surface area contributed by atoms with Gasteiger partial charge in [-0.3, -0.25) is 0 Å². The molecular formula is C16H17BrINO. The second-order valence-electron chi connectivity index (χ2n) is 4.43. The van der Waals surface area contributed by atoms with Crippen molar-refractivity contribution in [3.63, 3.8) is 0 Å². The van der Waals surface area contributed by atoms with Crippen molar-refractivity contribution in [3.8, 4) is 5.75 Å². The number of rotatable bonds is 5. The van der Waals surface area contributed by atoms with E-state index in [1.807, 2.05) is 12.1 Å². The first-order valence-corrected chi connectivity index (χ1v) is 8.35. The summed E-state index contributed by atoms with van der Waals surface area (Å²) in [6.07, 6.45) is 0. The lowest BCUT2D eigenvalue weighted by molar-refractivity contribution is 0.414. The van der Waals surface area contributed by atoms with Gasteiger partial charge in [-0.05, 0) is 70.6 Å². The van der Waals surface area contributed by atoms with Gasteiger partial charge >= 0.3 is 0 Å². The first-order valence-electron chi connectivity index (χ1n) is 6.48. The zero-order chi connectivity index (χ0) is 14.5. The van der Waals surface area contributed by atoms with Crippen LogP contribution in [0.2, 0.25) is 0 Å². The van der Waals surface area contributed by atoms with Crippen LogP contribution >= 0.6 is 38.5 Å². The van der Waals surface area contributed by atoms with E-state index in [0.29, 0.717) is 0 Å². The molecule has 0 fully saturated rings. The van der Waals surface area contributed by atoms with Crippen LogP contribution in [0.15, 0.2) is 46.9 Å². The molecule has 0 aliphatic rings. The summed E-state index contributed by atoms with van der Waals surface area (Å²) in [5.74, 6) is 0.880. The van der Waals surface area contributed by atoms with E-state index in [1.54, 1.807) is 7.11 Å². The molecule has 0 spiro atoms. The Morgan fingerprint density at radius 1 is 1.20 bits per heavy atom. The molecule has 2 aromatic carbocycles. The average molecular weight is 446 g/mol. The molecule has 2 aromatic rings. The first kappa shape index (κ1) is 15.8. The van der Waals surface area contributed by atoms with Gasteiger partial charge in [-0.15, -0.1) is 0 Å². The molecule has 2 rings (SSSR count). The SMILES string of the molecule is CCNC(c1ccc(OC)cc1)c1cc(I)ccc1Br. The Morgan fingerprint density at radius 3 is 2.50 bits per heavy atom. The lowest BCUT2D eigenvalue weighted by Gasteiger charge is -2.21. The third-order valence-electron chi connectivity index (χ3n) is 3.13. The molecule has 20 heavy (non-hydrogen) atoms. The van der Waals surface area contributed by atoms with Crippen LogP contribution in [0.1, 0.15) is 24.1 Å². The Bertz CT molecular complexity index is 571. The molecule has 106 valence electrons. The van der Waals surface area contributed by atoms with E-state index in [-0.39, 0.29) is 6.04 Å². The van der Waals surface area contributed by atoms with Crippen LogP contribution < -0.4 is 10.1 Å². The van der Waals surface area contributed by atoms with Gasteiger partial charge in [-0.2, -0.15) is 0 Å². The molecule has 0 saturated carbocycles. The zero-order valence-electron chi connectivity index (χ0n) is 11.5. The van der Waals surface area contributed by atoms with Crippen LogP contribution in [0.3, 0.4) is 0 Å². The van der Waals surface area contributed by atoms with Crippen LogP contribution in [0.4, 0.5) is 0 Å². The summed E-state index contributed by atoms with van der Waals surface area (Å²) in [5, 5.41) is 3.55. The molecule has 0 bridgehead atoms. The van der Waals surface area contributed by atoms with Crippen molar-refractivity contribution in [2.24, 2.45) is 0 Å². The number of hydrogen-bond donors (Lipinski definition) is 1. The van der Waals surface area contributed by atoms with Gasteiger partial charge in [-0.1, -0.05) is 35.0 Å². The van der Waals surface area contributed by atoms with E-state index in [1.165, 1.54) is 14.7 Å². The molecule has 1 atom stereocenters. The lowest BCUT2D eigenvalue weighted by Crippen LogP contribution is -2.22. The van der Waals surface area contributed by atoms with Gasteiger partial charge in [0.25, 0.3) is 0 Å². The Hall–Kier alpha value is -0.590. The van der Waals surface area contributed by atoms with E-state index in [2.05, 4.69) is 81.1 Å². The Morgan fingerprint density at radius 2 is 1.90 bits per heavy atom. The van der Waals surface area contributed by atoms with Crippen molar-refractivity contribution >= 4 is 38.5 Å². The molecule has 0 amide bonds. The minimum Gasteiger partial charge on any atom is -0.497 e. The summed E-state index contributed by atoms with van der Waals surface area (Å²) >= 11 is 6.00. The molecule has 0 heterocycles. The van der Waals surface area contributed by atoms with Crippen molar-refractivity contribution in [3.05, 3.63) is 61.6 Å². The van der Waals surface area contributed by atoms with Gasteiger partial charge in [0.1, 0.15) is 5.75 Å². The van der Waals surface area contributed by atoms with Crippen molar-refractivity contribution in [1.82, 2.24) is 5.32 Å². The summed E-state index contributed by atoms with van der Waals surface area (Å²) in [6, 6.07) is 14.8. The molecule has 0 aliphatic carbocycles. The highest BCUT2D eigenvalue weighted by molar-refractivity contribution is 14.1. The minimum atomic E-state index is 0.176. The summed E-state index contributed by atoms with van der Waals surface area (Å²) in [5.41, 5.74) is 2.49. The van der Waals surface area contributed by atoms with E-state index in [4.69, 9.17) is 4.74 Å². The highest BCUT2D eigenvalue weighted by Gasteiger charge is 2.16. The first-order chi connectivity index (χ1) is 9.65. The lowest BCUT2D eigenvalue weighted by atomic mass is 9.98. The van der Waals surface area contributed by atoms with Crippen molar-refractivity contribution < 1.29 is 4.74 Å². The van der Waals surface area contributed by atoms with Crippen LogP contribution in [0, 0.1) is 3.57 Å². The molecule has 0 saturated heterocycles. The number of hydrogen-bond acceptors (Lipinski definition) is 2. The fraction of sp³-hybridized carbons (Fsp3) is 0.250. The smallest absolute Gasteiger partial charge is 0.118 e. The van der Waals surface area contributed by atoms with Crippen molar-refractivity contribution in [1.29, 1.82) is 0 Å². The van der Waals surface area contributed by atoms with Gasteiger partial charge in [-0.25, -0.2) is 0 Å². The standard InChI is InChI=1S/C16H17BrINO/c1-3-19-16(11-4-7-13(20-2)8-5-11)14-10-12(18)6-9-15(14)17/h4-10,16,19H,3H2,1-2H3. The van der Waals surface area contributed by atoms with E-state index in [9.17, 15) is 0 Å². The van der Waals surface area contributed by atoms with Crippen LogP contribution in [0.5, 0.6) is 5.75 Å². The van der Waals surface area contributed by atoms with Gasteiger partial charge in [0.2, 0.25) is 0 Å². The fourth-order valence-electron chi connectivity index (χ4n) is 2.14. The van der Waals surface area contributed by atoms with Gasteiger partial charge in [0, 0.05) is 8.04 Å². The Kier molecular flexibility index (Phi) is 5.86. The fourth-order valence-corrected chi connectivity index (χ4v) is 3.13. The van der Waals surface area contributed by atoms with Crippen LogP contribution in [-0.4, -0.2) is 13.7 Å². The predicted octanol–water partition coefficient (Wildman–Crippen LogP) is 4.76. The zero-order valence-corrected chi connectivity index (χ0v) is 15.2. The number of benzene rings is 2. The summed E-state index contributed by atoms with van der Waals surface area (Å²) in [4.78, 5) is 0. The highest BCUT2D eigenvalue weighted by Crippen LogP contribution is 2.30. The third kappa shape index (κ3) is 3.74. The Labute approximate surface area is 142 Å².